The van der Waals surface area contributed by atoms with E-state index >= 15 is 0 Å². The minimum absolute atomic E-state index is 0.511. The van der Waals surface area contributed by atoms with E-state index in [0.717, 1.165) is 25.3 Å². The van der Waals surface area contributed by atoms with E-state index in [9.17, 15) is 0 Å². The fourth-order valence-corrected chi connectivity index (χ4v) is 1.14. The molecule has 0 radical (unpaired) electrons. The molecule has 0 spiro atoms. The molecule has 0 aromatic carbocycles. The molecule has 0 aliphatic rings. The summed E-state index contributed by atoms with van der Waals surface area (Å²) in [5.74, 6) is 0. The van der Waals surface area contributed by atoms with E-state index in [-0.39, 0.29) is 0 Å². The molecule has 1 N–H and O–H groups in total. The van der Waals surface area contributed by atoms with Crippen molar-refractivity contribution in [2.75, 3.05) is 25.6 Å². The molecule has 0 aliphatic carbocycles. The van der Waals surface area contributed by atoms with Crippen LogP contribution in [0.2, 0.25) is 5.15 Å². The average molecular weight is 201 g/mol. The standard InChI is InChI=1S/C9H13ClN2O/c1-13-6-2-4-11-8-3-5-12-9(10)7-8/h3,5,7H,2,4,6H2,1H3,(H,11,12). The van der Waals surface area contributed by atoms with Gasteiger partial charge >= 0.3 is 0 Å². The molecule has 0 aliphatic heterocycles. The van der Waals surface area contributed by atoms with Crippen molar-refractivity contribution in [3.8, 4) is 0 Å². The van der Waals surface area contributed by atoms with E-state index in [4.69, 9.17) is 16.3 Å². The molecule has 0 unspecified atom stereocenters. The van der Waals surface area contributed by atoms with Crippen LogP contribution in [0.3, 0.4) is 0 Å². The van der Waals surface area contributed by atoms with Crippen molar-refractivity contribution < 1.29 is 4.74 Å². The van der Waals surface area contributed by atoms with Gasteiger partial charge in [-0.25, -0.2) is 4.98 Å². The second-order valence-electron chi connectivity index (χ2n) is 2.64. The smallest absolute Gasteiger partial charge is 0.131 e. The summed E-state index contributed by atoms with van der Waals surface area (Å²) in [7, 11) is 1.70. The third kappa shape index (κ3) is 4.10. The van der Waals surface area contributed by atoms with Crippen LogP contribution in [0, 0.1) is 0 Å². The molecule has 3 nitrogen and oxygen atoms in total. The maximum atomic E-state index is 5.71. The molecule has 1 rings (SSSR count). The number of aromatic nitrogens is 1. The number of nitrogens with one attached hydrogen (secondary N) is 1. The monoisotopic (exact) mass is 200 g/mol. The minimum atomic E-state index is 0.511. The van der Waals surface area contributed by atoms with E-state index in [1.54, 1.807) is 19.4 Å². The molecule has 0 saturated heterocycles. The zero-order chi connectivity index (χ0) is 9.52. The van der Waals surface area contributed by atoms with Gasteiger partial charge in [0.05, 0.1) is 0 Å². The van der Waals surface area contributed by atoms with Gasteiger partial charge in [-0.1, -0.05) is 11.6 Å². The van der Waals surface area contributed by atoms with Crippen molar-refractivity contribution >= 4 is 17.3 Å². The van der Waals surface area contributed by atoms with E-state index in [2.05, 4.69) is 10.3 Å². The summed E-state index contributed by atoms with van der Waals surface area (Å²) in [6.45, 7) is 1.65. The zero-order valence-electron chi connectivity index (χ0n) is 7.59. The van der Waals surface area contributed by atoms with Gasteiger partial charge < -0.3 is 10.1 Å². The van der Waals surface area contributed by atoms with Crippen LogP contribution in [0.25, 0.3) is 0 Å². The summed E-state index contributed by atoms with van der Waals surface area (Å²) in [6, 6.07) is 3.69. The van der Waals surface area contributed by atoms with Crippen LogP contribution in [0.15, 0.2) is 18.3 Å². The SMILES string of the molecule is COCCCNc1ccnc(Cl)c1. The van der Waals surface area contributed by atoms with Gasteiger partial charge in [-0.2, -0.15) is 0 Å². The van der Waals surface area contributed by atoms with Crippen molar-refractivity contribution in [2.45, 2.75) is 6.42 Å². The third-order valence-electron chi connectivity index (χ3n) is 1.58. The molecular weight excluding hydrogens is 188 g/mol. The van der Waals surface area contributed by atoms with Crippen molar-refractivity contribution in [1.82, 2.24) is 4.98 Å². The van der Waals surface area contributed by atoms with Gasteiger partial charge in [-0.3, -0.25) is 0 Å². The van der Waals surface area contributed by atoms with Gasteiger partial charge in [0.2, 0.25) is 0 Å². The molecule has 0 amide bonds. The normalized spacial score (nSPS) is 10.0. The Balaban J connectivity index is 2.28. The van der Waals surface area contributed by atoms with Crippen molar-refractivity contribution in [3.63, 3.8) is 0 Å². The highest BCUT2D eigenvalue weighted by molar-refractivity contribution is 6.29. The predicted molar refractivity (Wildman–Crippen MR) is 54.2 cm³/mol. The Morgan fingerprint density at radius 2 is 2.46 bits per heavy atom. The number of hydrogen-bond donors (Lipinski definition) is 1. The van der Waals surface area contributed by atoms with Gasteiger partial charge in [0.25, 0.3) is 0 Å². The summed E-state index contributed by atoms with van der Waals surface area (Å²) in [5.41, 5.74) is 0.996. The van der Waals surface area contributed by atoms with Gasteiger partial charge in [-0.05, 0) is 18.6 Å². The number of ether oxygens (including phenoxy) is 1. The maximum absolute atomic E-state index is 5.71. The van der Waals surface area contributed by atoms with E-state index in [0.29, 0.717) is 5.15 Å². The van der Waals surface area contributed by atoms with E-state index in [1.807, 2.05) is 6.07 Å². The number of nitrogens with zero attached hydrogens (tertiary/aromatic N) is 1. The Morgan fingerprint density at radius 3 is 3.15 bits per heavy atom. The molecule has 0 saturated carbocycles. The highest BCUT2D eigenvalue weighted by atomic mass is 35.5. The Morgan fingerprint density at radius 1 is 1.62 bits per heavy atom. The third-order valence-corrected chi connectivity index (χ3v) is 1.79. The molecule has 1 aromatic heterocycles. The number of rotatable bonds is 5. The van der Waals surface area contributed by atoms with Gasteiger partial charge in [-0.15, -0.1) is 0 Å². The number of hydrogen-bond acceptors (Lipinski definition) is 3. The van der Waals surface area contributed by atoms with Crippen LogP contribution < -0.4 is 5.32 Å². The lowest BCUT2D eigenvalue weighted by atomic mass is 10.4. The first-order valence-electron chi connectivity index (χ1n) is 4.17. The minimum Gasteiger partial charge on any atom is -0.385 e. The van der Waals surface area contributed by atoms with Gasteiger partial charge in [0.15, 0.2) is 0 Å². The summed E-state index contributed by atoms with van der Waals surface area (Å²) >= 11 is 5.71. The predicted octanol–water partition coefficient (Wildman–Crippen LogP) is 2.18. The quantitative estimate of drug-likeness (QED) is 0.585. The van der Waals surface area contributed by atoms with Crippen LogP contribution in [0.1, 0.15) is 6.42 Å². The lowest BCUT2D eigenvalue weighted by molar-refractivity contribution is 0.198. The molecule has 0 bridgehead atoms. The molecular formula is C9H13ClN2O. The second kappa shape index (κ2) is 5.78. The number of halogens is 1. The van der Waals surface area contributed by atoms with E-state index < -0.39 is 0 Å². The Hall–Kier alpha value is -0.800. The summed E-state index contributed by atoms with van der Waals surface area (Å²) in [4.78, 5) is 3.88. The molecule has 13 heavy (non-hydrogen) atoms. The average Bonchev–Trinajstić information content (AvgIpc) is 2.13. The van der Waals surface area contributed by atoms with Crippen molar-refractivity contribution in [3.05, 3.63) is 23.5 Å². The maximum Gasteiger partial charge on any atom is 0.131 e. The lowest BCUT2D eigenvalue weighted by Gasteiger charge is -2.05. The highest BCUT2D eigenvalue weighted by Crippen LogP contribution is 2.11. The van der Waals surface area contributed by atoms with Crippen molar-refractivity contribution in [1.29, 1.82) is 0 Å². The van der Waals surface area contributed by atoms with Gasteiger partial charge in [0, 0.05) is 32.1 Å². The molecule has 0 fully saturated rings. The zero-order valence-corrected chi connectivity index (χ0v) is 8.34. The molecule has 1 heterocycles. The Kier molecular flexibility index (Phi) is 4.57. The van der Waals surface area contributed by atoms with Crippen LogP contribution in [0.5, 0.6) is 0 Å². The van der Waals surface area contributed by atoms with Crippen LogP contribution in [-0.4, -0.2) is 25.2 Å². The highest BCUT2D eigenvalue weighted by Gasteiger charge is 1.92. The largest absolute Gasteiger partial charge is 0.385 e. The fraction of sp³-hybridized carbons (Fsp3) is 0.444. The molecule has 4 heteroatoms. The van der Waals surface area contributed by atoms with Crippen molar-refractivity contribution in [2.24, 2.45) is 0 Å². The van der Waals surface area contributed by atoms with Crippen LogP contribution in [-0.2, 0) is 4.74 Å². The fourth-order valence-electron chi connectivity index (χ4n) is 0.962. The van der Waals surface area contributed by atoms with Gasteiger partial charge in [0.1, 0.15) is 5.15 Å². The Labute approximate surface area is 83.1 Å². The molecule has 1 aromatic rings. The first kappa shape index (κ1) is 10.3. The lowest BCUT2D eigenvalue weighted by Crippen LogP contribution is -2.04. The summed E-state index contributed by atoms with van der Waals surface area (Å²) in [5, 5.41) is 3.73. The number of pyridine rings is 1. The topological polar surface area (TPSA) is 34.1 Å². The summed E-state index contributed by atoms with van der Waals surface area (Å²) < 4.78 is 4.93. The number of anilines is 1. The van der Waals surface area contributed by atoms with Crippen LogP contribution >= 0.6 is 11.6 Å². The molecule has 72 valence electrons. The first-order chi connectivity index (χ1) is 6.33. The second-order valence-corrected chi connectivity index (χ2v) is 3.03. The van der Waals surface area contributed by atoms with E-state index in [1.165, 1.54) is 0 Å². The first-order valence-corrected chi connectivity index (χ1v) is 4.55. The number of methoxy groups -OCH3 is 1. The van der Waals surface area contributed by atoms with Crippen LogP contribution in [0.4, 0.5) is 5.69 Å². The molecule has 0 atom stereocenters. The summed E-state index contributed by atoms with van der Waals surface area (Å²) in [6.07, 6.45) is 2.66. The Bertz CT molecular complexity index is 255.